The van der Waals surface area contributed by atoms with Crippen molar-refractivity contribution in [1.82, 2.24) is 9.80 Å². The van der Waals surface area contributed by atoms with Gasteiger partial charge in [-0.2, -0.15) is 0 Å². The average Bonchev–Trinajstić information content (AvgIpc) is 2.60. The summed E-state index contributed by atoms with van der Waals surface area (Å²) in [6, 6.07) is 0. The molecule has 0 saturated carbocycles. The van der Waals surface area contributed by atoms with E-state index in [4.69, 9.17) is 17.7 Å². The van der Waals surface area contributed by atoms with Crippen LogP contribution in [0.2, 0.25) is 11.1 Å². The summed E-state index contributed by atoms with van der Waals surface area (Å²) in [4.78, 5) is 4.84. The van der Waals surface area contributed by atoms with Crippen LogP contribution in [0.25, 0.3) is 0 Å². The Morgan fingerprint density at radius 3 is 1.24 bits per heavy atom. The number of hydrogen-bond donors (Lipinski definition) is 0. The highest BCUT2D eigenvalue weighted by molar-refractivity contribution is 6.46. The molecular formula is C17H42N2O4Si2. The molecule has 152 valence electrons. The van der Waals surface area contributed by atoms with E-state index < -0.39 is 18.6 Å². The predicted octanol–water partition coefficient (Wildman–Crippen LogP) is 1.83. The Hall–Kier alpha value is 0.194. The Kier molecular flexibility index (Phi) is 15.4. The highest BCUT2D eigenvalue weighted by atomic mass is 28.3. The second-order valence-electron chi connectivity index (χ2n) is 7.17. The van der Waals surface area contributed by atoms with Crippen LogP contribution < -0.4 is 0 Å². The van der Waals surface area contributed by atoms with Gasteiger partial charge in [0.25, 0.3) is 0 Å². The van der Waals surface area contributed by atoms with Crippen LogP contribution in [-0.2, 0) is 17.7 Å². The molecule has 0 rings (SSSR count). The Bertz CT molecular complexity index is 280. The van der Waals surface area contributed by atoms with Gasteiger partial charge in [-0.1, -0.05) is 13.8 Å². The summed E-state index contributed by atoms with van der Waals surface area (Å²) in [6.45, 7) is 8.95. The largest absolute Gasteiger partial charge is 0.400 e. The van der Waals surface area contributed by atoms with E-state index in [9.17, 15) is 0 Å². The molecule has 0 aliphatic rings. The number of rotatable bonds is 16. The van der Waals surface area contributed by atoms with Crippen molar-refractivity contribution in [2.75, 3.05) is 68.7 Å². The summed E-state index contributed by atoms with van der Waals surface area (Å²) in [5, 5.41) is 0. The van der Waals surface area contributed by atoms with Crippen molar-refractivity contribution >= 4 is 18.6 Å². The first kappa shape index (κ1) is 25.2. The second kappa shape index (κ2) is 15.3. The van der Waals surface area contributed by atoms with E-state index in [2.05, 4.69) is 37.7 Å². The van der Waals surface area contributed by atoms with Crippen LogP contribution in [0.5, 0.6) is 0 Å². The topological polar surface area (TPSA) is 43.4 Å². The van der Waals surface area contributed by atoms with Crippen LogP contribution in [-0.4, -0.2) is 97.1 Å². The molecule has 2 unspecified atom stereocenters. The Morgan fingerprint density at radius 2 is 0.960 bits per heavy atom. The zero-order valence-corrected chi connectivity index (χ0v) is 20.1. The standard InChI is InChI=1S/C17H42N2O4Si2/c1-16(24(20-5)21-6)10-14-18(3)12-9-13-19(4)15-11-17(2)25(22-7)23-8/h16-17,24-25H,9-15H2,1-8H3. The molecular weight excluding hydrogens is 352 g/mol. The minimum atomic E-state index is -1.47. The van der Waals surface area contributed by atoms with Crippen LogP contribution in [0.1, 0.15) is 33.1 Å². The molecule has 0 aliphatic heterocycles. The van der Waals surface area contributed by atoms with Gasteiger partial charge in [-0.15, -0.1) is 0 Å². The summed E-state index contributed by atoms with van der Waals surface area (Å²) >= 11 is 0. The van der Waals surface area contributed by atoms with E-state index in [0.29, 0.717) is 11.1 Å². The number of nitrogens with zero attached hydrogens (tertiary/aromatic N) is 2. The van der Waals surface area contributed by atoms with Crippen LogP contribution in [0.3, 0.4) is 0 Å². The summed E-state index contributed by atoms with van der Waals surface area (Å²) in [6.07, 6.45) is 3.48. The van der Waals surface area contributed by atoms with Crippen molar-refractivity contribution < 1.29 is 17.7 Å². The molecule has 6 nitrogen and oxygen atoms in total. The zero-order valence-electron chi connectivity index (χ0n) is 17.8. The first-order chi connectivity index (χ1) is 11.9. The molecule has 0 N–H and O–H groups in total. The van der Waals surface area contributed by atoms with Gasteiger partial charge in [0.2, 0.25) is 0 Å². The minimum absolute atomic E-state index is 0.542. The molecule has 25 heavy (non-hydrogen) atoms. The minimum Gasteiger partial charge on any atom is -0.400 e. The number of hydrogen-bond acceptors (Lipinski definition) is 6. The summed E-state index contributed by atoms with van der Waals surface area (Å²) in [5.41, 5.74) is 1.08. The van der Waals surface area contributed by atoms with Gasteiger partial charge in [0, 0.05) is 28.4 Å². The molecule has 0 heterocycles. The third-order valence-corrected chi connectivity index (χ3v) is 9.25. The highest BCUT2D eigenvalue weighted by Crippen LogP contribution is 2.16. The molecule has 0 aromatic heterocycles. The van der Waals surface area contributed by atoms with E-state index in [1.807, 2.05) is 0 Å². The Labute approximate surface area is 159 Å². The molecule has 0 fully saturated rings. The summed E-state index contributed by atoms with van der Waals surface area (Å²) in [7, 11) is 8.53. The molecule has 0 radical (unpaired) electrons. The van der Waals surface area contributed by atoms with Gasteiger partial charge in [0.15, 0.2) is 0 Å². The van der Waals surface area contributed by atoms with E-state index in [1.54, 1.807) is 28.4 Å². The lowest BCUT2D eigenvalue weighted by Crippen LogP contribution is -2.31. The van der Waals surface area contributed by atoms with Gasteiger partial charge >= 0.3 is 18.6 Å². The van der Waals surface area contributed by atoms with Gasteiger partial charge < -0.3 is 27.5 Å². The van der Waals surface area contributed by atoms with Crippen molar-refractivity contribution in [1.29, 1.82) is 0 Å². The van der Waals surface area contributed by atoms with Crippen molar-refractivity contribution in [2.24, 2.45) is 0 Å². The SMILES string of the molecule is CO[SiH](OC)C(C)CCN(C)CCCN(C)CCC(C)[SiH](OC)OC. The normalized spacial score (nSPS) is 14.9. The van der Waals surface area contributed by atoms with Crippen LogP contribution in [0.15, 0.2) is 0 Å². The molecule has 0 bridgehead atoms. The molecule has 0 saturated heterocycles. The van der Waals surface area contributed by atoms with E-state index in [0.717, 1.165) is 39.0 Å². The Morgan fingerprint density at radius 1 is 0.640 bits per heavy atom. The lowest BCUT2D eigenvalue weighted by atomic mass is 10.3. The third-order valence-electron chi connectivity index (χ3n) is 4.87. The van der Waals surface area contributed by atoms with Gasteiger partial charge in [0.1, 0.15) is 0 Å². The zero-order chi connectivity index (χ0) is 19.2. The lowest BCUT2D eigenvalue weighted by molar-refractivity contribution is 0.244. The molecule has 0 aromatic carbocycles. The smallest absolute Gasteiger partial charge is 0.323 e. The second-order valence-corrected chi connectivity index (χ2v) is 12.8. The third kappa shape index (κ3) is 11.5. The lowest BCUT2D eigenvalue weighted by Gasteiger charge is -2.24. The van der Waals surface area contributed by atoms with Gasteiger partial charge in [-0.25, -0.2) is 0 Å². The Balaban J connectivity index is 3.84. The van der Waals surface area contributed by atoms with Gasteiger partial charge in [0.05, 0.1) is 0 Å². The maximum Gasteiger partial charge on any atom is 0.323 e. The summed E-state index contributed by atoms with van der Waals surface area (Å²) in [5.74, 6) is 0. The molecule has 0 aromatic rings. The van der Waals surface area contributed by atoms with Crippen molar-refractivity contribution in [2.45, 2.75) is 44.2 Å². The van der Waals surface area contributed by atoms with Crippen molar-refractivity contribution in [3.63, 3.8) is 0 Å². The van der Waals surface area contributed by atoms with Crippen LogP contribution >= 0.6 is 0 Å². The first-order valence-corrected chi connectivity index (χ1v) is 12.6. The van der Waals surface area contributed by atoms with Crippen molar-refractivity contribution in [3.05, 3.63) is 0 Å². The molecule has 0 amide bonds. The molecule has 0 aliphatic carbocycles. The fourth-order valence-electron chi connectivity index (χ4n) is 3.08. The molecule has 2 atom stereocenters. The van der Waals surface area contributed by atoms with E-state index in [1.165, 1.54) is 6.42 Å². The van der Waals surface area contributed by atoms with Crippen molar-refractivity contribution in [3.8, 4) is 0 Å². The van der Waals surface area contributed by atoms with E-state index >= 15 is 0 Å². The molecule has 0 spiro atoms. The average molecular weight is 395 g/mol. The van der Waals surface area contributed by atoms with Crippen LogP contribution in [0, 0.1) is 0 Å². The summed E-state index contributed by atoms with van der Waals surface area (Å²) < 4.78 is 21.8. The fraction of sp³-hybridized carbons (Fsp3) is 1.00. The monoisotopic (exact) mass is 394 g/mol. The van der Waals surface area contributed by atoms with Gasteiger partial charge in [-0.3, -0.25) is 0 Å². The maximum absolute atomic E-state index is 5.46. The van der Waals surface area contributed by atoms with E-state index in [-0.39, 0.29) is 0 Å². The predicted molar refractivity (Wildman–Crippen MR) is 110 cm³/mol. The van der Waals surface area contributed by atoms with Gasteiger partial charge in [-0.05, 0) is 70.6 Å². The first-order valence-electron chi connectivity index (χ1n) is 9.37. The quantitative estimate of drug-likeness (QED) is 0.372. The highest BCUT2D eigenvalue weighted by Gasteiger charge is 2.20. The van der Waals surface area contributed by atoms with Crippen LogP contribution in [0.4, 0.5) is 0 Å². The fourth-order valence-corrected chi connectivity index (χ4v) is 6.16. The molecule has 8 heteroatoms. The maximum atomic E-state index is 5.46.